The minimum atomic E-state index is 0.294. The van der Waals surface area contributed by atoms with Crippen LogP contribution in [0.2, 0.25) is 0 Å². The van der Waals surface area contributed by atoms with Crippen LogP contribution in [0, 0.1) is 0 Å². The summed E-state index contributed by atoms with van der Waals surface area (Å²) >= 11 is 0. The molecule has 0 aliphatic carbocycles. The standard InChI is InChI=1S/C16H32N4O/c1-6-19(7-2)11-8-9-14(3)18-16-17-10-12-20(16)15(4)13-21-5/h10,12,14-15H,6-9,11,13H2,1-5H3,(H,17,18). The Morgan fingerprint density at radius 1 is 1.33 bits per heavy atom. The highest BCUT2D eigenvalue weighted by Gasteiger charge is 2.12. The van der Waals surface area contributed by atoms with Gasteiger partial charge in [0.25, 0.3) is 0 Å². The third-order valence-corrected chi connectivity index (χ3v) is 3.93. The summed E-state index contributed by atoms with van der Waals surface area (Å²) in [6, 6.07) is 0.722. The van der Waals surface area contributed by atoms with Crippen molar-refractivity contribution in [1.82, 2.24) is 14.5 Å². The number of hydrogen-bond acceptors (Lipinski definition) is 4. The van der Waals surface area contributed by atoms with Crippen molar-refractivity contribution < 1.29 is 4.74 Å². The molecule has 0 aromatic carbocycles. The summed E-state index contributed by atoms with van der Waals surface area (Å²) in [5, 5.41) is 3.52. The number of anilines is 1. The number of hydrogen-bond donors (Lipinski definition) is 1. The number of nitrogens with zero attached hydrogens (tertiary/aromatic N) is 3. The zero-order valence-corrected chi connectivity index (χ0v) is 14.3. The highest BCUT2D eigenvalue weighted by Crippen LogP contribution is 2.15. The molecule has 0 fully saturated rings. The van der Waals surface area contributed by atoms with Gasteiger partial charge in [0.1, 0.15) is 0 Å². The third kappa shape index (κ3) is 6.06. The predicted molar refractivity (Wildman–Crippen MR) is 88.9 cm³/mol. The molecule has 0 aliphatic heterocycles. The molecule has 1 rings (SSSR count). The average molecular weight is 296 g/mol. The highest BCUT2D eigenvalue weighted by molar-refractivity contribution is 5.28. The largest absolute Gasteiger partial charge is 0.383 e. The molecule has 0 aliphatic rings. The van der Waals surface area contributed by atoms with E-state index in [4.69, 9.17) is 4.74 Å². The summed E-state index contributed by atoms with van der Waals surface area (Å²) in [7, 11) is 1.73. The quantitative estimate of drug-likeness (QED) is 0.681. The number of nitrogens with one attached hydrogen (secondary N) is 1. The molecule has 1 heterocycles. The number of ether oxygens (including phenoxy) is 1. The van der Waals surface area contributed by atoms with Crippen LogP contribution in [-0.2, 0) is 4.74 Å². The maximum atomic E-state index is 5.22. The molecular weight excluding hydrogens is 264 g/mol. The van der Waals surface area contributed by atoms with Gasteiger partial charge in [-0.2, -0.15) is 0 Å². The van der Waals surface area contributed by atoms with Crippen LogP contribution in [0.3, 0.4) is 0 Å². The molecule has 0 bridgehead atoms. The van der Waals surface area contributed by atoms with Crippen LogP contribution in [0.5, 0.6) is 0 Å². The molecule has 2 atom stereocenters. The summed E-state index contributed by atoms with van der Waals surface area (Å²) in [4.78, 5) is 6.89. The summed E-state index contributed by atoms with van der Waals surface area (Å²) in [5.41, 5.74) is 0. The van der Waals surface area contributed by atoms with Gasteiger partial charge in [-0.05, 0) is 46.3 Å². The lowest BCUT2D eigenvalue weighted by Gasteiger charge is -2.21. The average Bonchev–Trinajstić information content (AvgIpc) is 2.92. The Bertz CT molecular complexity index is 376. The van der Waals surface area contributed by atoms with Crippen LogP contribution in [0.1, 0.15) is 46.6 Å². The van der Waals surface area contributed by atoms with Crippen molar-refractivity contribution in [2.24, 2.45) is 0 Å². The van der Waals surface area contributed by atoms with E-state index >= 15 is 0 Å². The smallest absolute Gasteiger partial charge is 0.203 e. The van der Waals surface area contributed by atoms with E-state index < -0.39 is 0 Å². The molecule has 122 valence electrons. The first-order chi connectivity index (χ1) is 10.1. The summed E-state index contributed by atoms with van der Waals surface area (Å²) in [5.74, 6) is 0.940. The van der Waals surface area contributed by atoms with Crippen molar-refractivity contribution in [2.75, 3.05) is 38.7 Å². The molecule has 1 aromatic rings. The number of methoxy groups -OCH3 is 1. The first-order valence-electron chi connectivity index (χ1n) is 8.12. The fraction of sp³-hybridized carbons (Fsp3) is 0.812. The number of imidazole rings is 1. The normalized spacial score (nSPS) is 14.4. The predicted octanol–water partition coefficient (Wildman–Crippen LogP) is 3.01. The van der Waals surface area contributed by atoms with Crippen LogP contribution < -0.4 is 5.32 Å². The first kappa shape index (κ1) is 18.0. The molecular formula is C16H32N4O. The van der Waals surface area contributed by atoms with Crippen LogP contribution >= 0.6 is 0 Å². The molecule has 5 heteroatoms. The molecule has 21 heavy (non-hydrogen) atoms. The monoisotopic (exact) mass is 296 g/mol. The van der Waals surface area contributed by atoms with Crippen molar-refractivity contribution in [3.8, 4) is 0 Å². The van der Waals surface area contributed by atoms with Crippen molar-refractivity contribution in [2.45, 2.75) is 52.6 Å². The molecule has 1 N–H and O–H groups in total. The first-order valence-corrected chi connectivity index (χ1v) is 8.12. The SMILES string of the molecule is CCN(CC)CCCC(C)Nc1nccn1C(C)COC. The van der Waals surface area contributed by atoms with Gasteiger partial charge in [0.2, 0.25) is 5.95 Å². The van der Waals surface area contributed by atoms with Gasteiger partial charge in [0, 0.05) is 25.5 Å². The Labute approximate surface area is 129 Å². The summed E-state index contributed by atoms with van der Waals surface area (Å²) in [6.07, 6.45) is 6.22. The van der Waals surface area contributed by atoms with Crippen molar-refractivity contribution >= 4 is 5.95 Å². The molecule has 0 saturated carbocycles. The van der Waals surface area contributed by atoms with E-state index in [1.54, 1.807) is 7.11 Å². The Hall–Kier alpha value is -1.07. The molecule has 0 radical (unpaired) electrons. The van der Waals surface area contributed by atoms with Crippen LogP contribution in [-0.4, -0.2) is 53.8 Å². The van der Waals surface area contributed by atoms with Crippen LogP contribution in [0.25, 0.3) is 0 Å². The molecule has 2 unspecified atom stereocenters. The van der Waals surface area contributed by atoms with Gasteiger partial charge < -0.3 is 19.5 Å². The van der Waals surface area contributed by atoms with Gasteiger partial charge in [-0.3, -0.25) is 0 Å². The van der Waals surface area contributed by atoms with Gasteiger partial charge in [-0.1, -0.05) is 13.8 Å². The third-order valence-electron chi connectivity index (χ3n) is 3.93. The number of aromatic nitrogens is 2. The maximum absolute atomic E-state index is 5.22. The van der Waals surface area contributed by atoms with E-state index in [1.807, 2.05) is 12.4 Å². The lowest BCUT2D eigenvalue weighted by atomic mass is 10.2. The number of rotatable bonds is 11. The molecule has 1 aromatic heterocycles. The van der Waals surface area contributed by atoms with Crippen molar-refractivity contribution in [3.05, 3.63) is 12.4 Å². The fourth-order valence-corrected chi connectivity index (χ4v) is 2.56. The highest BCUT2D eigenvalue weighted by atomic mass is 16.5. The summed E-state index contributed by atoms with van der Waals surface area (Å²) < 4.78 is 7.36. The minimum absolute atomic E-state index is 0.294. The topological polar surface area (TPSA) is 42.3 Å². The van der Waals surface area contributed by atoms with E-state index in [2.05, 4.69) is 47.5 Å². The zero-order chi connectivity index (χ0) is 15.7. The Balaban J connectivity index is 2.41. The van der Waals surface area contributed by atoms with E-state index in [0.717, 1.165) is 25.5 Å². The van der Waals surface area contributed by atoms with Crippen molar-refractivity contribution in [1.29, 1.82) is 0 Å². The second-order valence-corrected chi connectivity index (χ2v) is 5.68. The maximum Gasteiger partial charge on any atom is 0.203 e. The Morgan fingerprint density at radius 3 is 2.67 bits per heavy atom. The minimum Gasteiger partial charge on any atom is -0.383 e. The van der Waals surface area contributed by atoms with Gasteiger partial charge in [0.05, 0.1) is 12.6 Å². The Morgan fingerprint density at radius 2 is 2.05 bits per heavy atom. The van der Waals surface area contributed by atoms with Gasteiger partial charge in [0.15, 0.2) is 0 Å². The van der Waals surface area contributed by atoms with Crippen molar-refractivity contribution in [3.63, 3.8) is 0 Å². The molecule has 5 nitrogen and oxygen atoms in total. The molecule has 0 saturated heterocycles. The lowest BCUT2D eigenvalue weighted by Crippen LogP contribution is -2.26. The molecule has 0 spiro atoms. The van der Waals surface area contributed by atoms with E-state index in [9.17, 15) is 0 Å². The fourth-order valence-electron chi connectivity index (χ4n) is 2.56. The summed E-state index contributed by atoms with van der Waals surface area (Å²) in [6.45, 7) is 12.9. The zero-order valence-electron chi connectivity index (χ0n) is 14.3. The van der Waals surface area contributed by atoms with Crippen LogP contribution in [0.15, 0.2) is 12.4 Å². The van der Waals surface area contributed by atoms with E-state index in [1.165, 1.54) is 13.0 Å². The van der Waals surface area contributed by atoms with Crippen LogP contribution in [0.4, 0.5) is 5.95 Å². The van der Waals surface area contributed by atoms with Gasteiger partial charge in [-0.15, -0.1) is 0 Å². The van der Waals surface area contributed by atoms with Gasteiger partial charge >= 0.3 is 0 Å². The Kier molecular flexibility index (Phi) is 8.38. The van der Waals surface area contributed by atoms with E-state index in [-0.39, 0.29) is 0 Å². The van der Waals surface area contributed by atoms with E-state index in [0.29, 0.717) is 18.7 Å². The second kappa shape index (κ2) is 9.79. The van der Waals surface area contributed by atoms with Gasteiger partial charge in [-0.25, -0.2) is 4.98 Å². The lowest BCUT2D eigenvalue weighted by molar-refractivity contribution is 0.163. The second-order valence-electron chi connectivity index (χ2n) is 5.68. The molecule has 0 amide bonds.